The summed E-state index contributed by atoms with van der Waals surface area (Å²) in [7, 11) is 0. The number of benzene rings is 1. The van der Waals surface area contributed by atoms with Gasteiger partial charge in [-0.1, -0.05) is 43.6 Å². The number of alkyl halides is 3. The summed E-state index contributed by atoms with van der Waals surface area (Å²) in [4.78, 5) is 0. The number of allylic oxidation sites excluding steroid dienone is 1. The van der Waals surface area contributed by atoms with Crippen molar-refractivity contribution >= 4 is 11.6 Å². The van der Waals surface area contributed by atoms with Gasteiger partial charge in [-0.05, 0) is 18.2 Å². The summed E-state index contributed by atoms with van der Waals surface area (Å²) in [6.07, 6.45) is -3.70. The molecule has 0 radical (unpaired) electrons. The Morgan fingerprint density at radius 1 is 1.14 bits per heavy atom. The van der Waals surface area contributed by atoms with Crippen LogP contribution in [0.5, 0.6) is 5.75 Å². The summed E-state index contributed by atoms with van der Waals surface area (Å²) in [5.74, 6) is 0.741. The molecular weight excluding hydrogens is 305 g/mol. The van der Waals surface area contributed by atoms with Gasteiger partial charge < -0.3 is 9.47 Å². The third-order valence-electron chi connectivity index (χ3n) is 2.52. The molecule has 118 valence electrons. The van der Waals surface area contributed by atoms with Crippen LogP contribution in [-0.2, 0) is 4.74 Å². The molecule has 0 aliphatic rings. The summed E-state index contributed by atoms with van der Waals surface area (Å²) in [5, 5.41) is -1.17. The van der Waals surface area contributed by atoms with E-state index in [1.165, 1.54) is 0 Å². The summed E-state index contributed by atoms with van der Waals surface area (Å²) < 4.78 is 47.2. The predicted molar refractivity (Wildman–Crippen MR) is 76.5 cm³/mol. The van der Waals surface area contributed by atoms with Gasteiger partial charge in [0.2, 0.25) is 0 Å². The predicted octanol–water partition coefficient (Wildman–Crippen LogP) is 4.79. The SMILES string of the molecule is CC(C)(COC/C=C(\Cl)C(F)(F)F)COc1ccccc1. The maximum absolute atomic E-state index is 12.1. The minimum atomic E-state index is -4.52. The largest absolute Gasteiger partial charge is 0.493 e. The number of hydrogen-bond donors (Lipinski definition) is 0. The highest BCUT2D eigenvalue weighted by atomic mass is 35.5. The Bertz CT molecular complexity index is 456. The van der Waals surface area contributed by atoms with Gasteiger partial charge in [0.15, 0.2) is 0 Å². The van der Waals surface area contributed by atoms with Crippen LogP contribution in [0.25, 0.3) is 0 Å². The van der Waals surface area contributed by atoms with Crippen molar-refractivity contribution in [2.24, 2.45) is 5.41 Å². The second-order valence-corrected chi connectivity index (χ2v) is 5.74. The highest BCUT2D eigenvalue weighted by Gasteiger charge is 2.32. The monoisotopic (exact) mass is 322 g/mol. The van der Waals surface area contributed by atoms with Crippen LogP contribution in [0.15, 0.2) is 41.4 Å². The summed E-state index contributed by atoms with van der Waals surface area (Å²) >= 11 is 5.08. The van der Waals surface area contributed by atoms with Gasteiger partial charge in [0.05, 0.1) is 19.8 Å². The first-order valence-electron chi connectivity index (χ1n) is 6.39. The number of para-hydroxylation sites is 1. The lowest BCUT2D eigenvalue weighted by molar-refractivity contribution is -0.0852. The Morgan fingerprint density at radius 3 is 2.33 bits per heavy atom. The highest BCUT2D eigenvalue weighted by molar-refractivity contribution is 6.30. The fourth-order valence-corrected chi connectivity index (χ4v) is 1.48. The molecular formula is C15H18ClF3O2. The summed E-state index contributed by atoms with van der Waals surface area (Å²) in [6, 6.07) is 9.29. The van der Waals surface area contributed by atoms with E-state index in [1.54, 1.807) is 0 Å². The lowest BCUT2D eigenvalue weighted by atomic mass is 9.96. The Morgan fingerprint density at radius 2 is 1.76 bits per heavy atom. The van der Waals surface area contributed by atoms with Crippen molar-refractivity contribution < 1.29 is 22.6 Å². The van der Waals surface area contributed by atoms with E-state index in [-0.39, 0.29) is 18.6 Å². The third-order valence-corrected chi connectivity index (χ3v) is 2.89. The molecule has 0 fully saturated rings. The molecule has 1 aromatic carbocycles. The van der Waals surface area contributed by atoms with Crippen LogP contribution in [0, 0.1) is 5.41 Å². The quantitative estimate of drug-likeness (QED) is 0.672. The molecule has 2 nitrogen and oxygen atoms in total. The van der Waals surface area contributed by atoms with Gasteiger partial charge in [0.1, 0.15) is 10.8 Å². The first kappa shape index (κ1) is 17.9. The van der Waals surface area contributed by atoms with E-state index in [9.17, 15) is 13.2 Å². The molecule has 0 atom stereocenters. The average molecular weight is 323 g/mol. The van der Waals surface area contributed by atoms with Gasteiger partial charge >= 0.3 is 6.18 Å². The molecule has 0 saturated heterocycles. The van der Waals surface area contributed by atoms with Crippen molar-refractivity contribution in [3.8, 4) is 5.75 Å². The van der Waals surface area contributed by atoms with Crippen LogP contribution in [0.3, 0.4) is 0 Å². The number of ether oxygens (including phenoxy) is 2. The van der Waals surface area contributed by atoms with Crippen molar-refractivity contribution in [3.63, 3.8) is 0 Å². The molecule has 0 amide bonds. The van der Waals surface area contributed by atoms with E-state index in [4.69, 9.17) is 21.1 Å². The molecule has 0 spiro atoms. The standard InChI is InChI=1S/C15H18ClF3O2/c1-14(2,11-21-12-6-4-3-5-7-12)10-20-9-8-13(16)15(17,18)19/h3-8H,9-11H2,1-2H3/b13-8-. The average Bonchev–Trinajstić information content (AvgIpc) is 2.41. The fraction of sp³-hybridized carbons (Fsp3) is 0.467. The lowest BCUT2D eigenvalue weighted by Gasteiger charge is -2.24. The van der Waals surface area contributed by atoms with Crippen LogP contribution < -0.4 is 4.74 Å². The lowest BCUT2D eigenvalue weighted by Crippen LogP contribution is -2.27. The van der Waals surface area contributed by atoms with Crippen molar-refractivity contribution in [1.82, 2.24) is 0 Å². The topological polar surface area (TPSA) is 18.5 Å². The van der Waals surface area contributed by atoms with Crippen LogP contribution in [0.1, 0.15) is 13.8 Å². The van der Waals surface area contributed by atoms with Gasteiger partial charge in [0, 0.05) is 5.41 Å². The smallest absolute Gasteiger partial charge is 0.426 e. The zero-order valence-corrected chi connectivity index (χ0v) is 12.7. The molecule has 0 unspecified atom stereocenters. The second kappa shape index (κ2) is 7.71. The second-order valence-electron chi connectivity index (χ2n) is 5.33. The van der Waals surface area contributed by atoms with Crippen molar-refractivity contribution in [1.29, 1.82) is 0 Å². The van der Waals surface area contributed by atoms with Gasteiger partial charge in [-0.15, -0.1) is 0 Å². The Hall–Kier alpha value is -1.20. The molecule has 0 aromatic heterocycles. The van der Waals surface area contributed by atoms with E-state index in [1.807, 2.05) is 44.2 Å². The van der Waals surface area contributed by atoms with Crippen LogP contribution in [-0.4, -0.2) is 26.0 Å². The highest BCUT2D eigenvalue weighted by Crippen LogP contribution is 2.28. The first-order chi connectivity index (χ1) is 9.71. The number of halogens is 4. The number of hydrogen-bond acceptors (Lipinski definition) is 2. The van der Waals surface area contributed by atoms with Crippen LogP contribution in [0.4, 0.5) is 13.2 Å². The summed E-state index contributed by atoms with van der Waals surface area (Å²) in [6.45, 7) is 4.29. The van der Waals surface area contributed by atoms with Gasteiger partial charge in [-0.2, -0.15) is 13.2 Å². The molecule has 0 saturated carbocycles. The molecule has 0 bridgehead atoms. The fourth-order valence-electron chi connectivity index (χ4n) is 1.42. The Balaban J connectivity index is 2.33. The molecule has 21 heavy (non-hydrogen) atoms. The van der Waals surface area contributed by atoms with Crippen molar-refractivity contribution in [2.75, 3.05) is 19.8 Å². The van der Waals surface area contributed by atoms with Crippen molar-refractivity contribution in [2.45, 2.75) is 20.0 Å². The normalized spacial score (nSPS) is 13.3. The number of rotatable bonds is 7. The van der Waals surface area contributed by atoms with Crippen LogP contribution in [0.2, 0.25) is 0 Å². The zero-order chi connectivity index (χ0) is 15.9. The minimum Gasteiger partial charge on any atom is -0.493 e. The van der Waals surface area contributed by atoms with E-state index >= 15 is 0 Å². The first-order valence-corrected chi connectivity index (χ1v) is 6.77. The van der Waals surface area contributed by atoms with E-state index in [2.05, 4.69) is 0 Å². The van der Waals surface area contributed by atoms with Gasteiger partial charge in [-0.3, -0.25) is 0 Å². The molecule has 0 aliphatic heterocycles. The molecule has 0 aliphatic carbocycles. The Kier molecular flexibility index (Phi) is 6.55. The maximum atomic E-state index is 12.1. The van der Waals surface area contributed by atoms with Gasteiger partial charge in [0.25, 0.3) is 0 Å². The minimum absolute atomic E-state index is 0.187. The van der Waals surface area contributed by atoms with Gasteiger partial charge in [-0.25, -0.2) is 0 Å². The van der Waals surface area contributed by atoms with Crippen LogP contribution >= 0.6 is 11.6 Å². The van der Waals surface area contributed by atoms with E-state index < -0.39 is 11.2 Å². The molecule has 1 rings (SSSR count). The Labute approximate surface area is 127 Å². The summed E-state index contributed by atoms with van der Waals surface area (Å²) in [5.41, 5.74) is -0.325. The molecule has 1 aromatic rings. The third kappa shape index (κ3) is 7.39. The zero-order valence-electron chi connectivity index (χ0n) is 11.9. The molecule has 0 N–H and O–H groups in total. The maximum Gasteiger partial charge on any atom is 0.426 e. The van der Waals surface area contributed by atoms with E-state index in [0.29, 0.717) is 6.61 Å². The van der Waals surface area contributed by atoms with Crippen molar-refractivity contribution in [3.05, 3.63) is 41.4 Å². The molecule has 0 heterocycles. The van der Waals surface area contributed by atoms with E-state index in [0.717, 1.165) is 11.8 Å². The molecule has 6 heteroatoms.